The lowest BCUT2D eigenvalue weighted by molar-refractivity contribution is -0.0479. The summed E-state index contributed by atoms with van der Waals surface area (Å²) < 4.78 is 0. The fraction of sp³-hybridized carbons (Fsp3) is 0.455. The van der Waals surface area contributed by atoms with Gasteiger partial charge in [-0.05, 0) is 63.3 Å². The van der Waals surface area contributed by atoms with E-state index in [1.54, 1.807) is 0 Å². The van der Waals surface area contributed by atoms with Gasteiger partial charge in [-0.25, -0.2) is 0 Å². The van der Waals surface area contributed by atoms with Crippen molar-refractivity contribution in [1.82, 2.24) is 9.80 Å². The third-order valence-electron chi connectivity index (χ3n) is 5.12. The minimum Gasteiger partial charge on any atom is -0.387 e. The maximum Gasteiger partial charge on any atom is 0.0900 e. The molecule has 0 radical (unpaired) electrons. The summed E-state index contributed by atoms with van der Waals surface area (Å²) in [5.41, 5.74) is 3.08. The first-order valence-electron chi connectivity index (χ1n) is 9.42. The van der Waals surface area contributed by atoms with Gasteiger partial charge < -0.3 is 14.9 Å². The molecule has 1 N–H and O–H groups in total. The van der Waals surface area contributed by atoms with E-state index in [4.69, 9.17) is 0 Å². The molecule has 0 spiro atoms. The summed E-state index contributed by atoms with van der Waals surface area (Å²) in [4.78, 5) is 6.65. The third kappa shape index (κ3) is 4.85. The molecule has 0 saturated carbocycles. The van der Waals surface area contributed by atoms with Crippen LogP contribution in [0, 0.1) is 0 Å². The zero-order valence-corrected chi connectivity index (χ0v) is 16.2. The average Bonchev–Trinajstić information content (AvgIpc) is 2.61. The topological polar surface area (TPSA) is 30.0 Å². The smallest absolute Gasteiger partial charge is 0.0900 e. The van der Waals surface area contributed by atoms with Crippen molar-refractivity contribution in [3.05, 3.63) is 60.2 Å². The Balaban J connectivity index is 1.62. The number of likely N-dealkylation sites (tertiary alicyclic amines) is 1. The van der Waals surface area contributed by atoms with Crippen molar-refractivity contribution < 1.29 is 5.11 Å². The largest absolute Gasteiger partial charge is 0.387 e. The second-order valence-corrected chi connectivity index (χ2v) is 7.84. The Morgan fingerprint density at radius 1 is 0.962 bits per heavy atom. The van der Waals surface area contributed by atoms with Gasteiger partial charge >= 0.3 is 0 Å². The molecular formula is C22H31N3O. The van der Waals surface area contributed by atoms with E-state index in [1.165, 1.54) is 16.9 Å². The predicted molar refractivity (Wildman–Crippen MR) is 109 cm³/mol. The van der Waals surface area contributed by atoms with Gasteiger partial charge in [0, 0.05) is 38.1 Å². The highest BCUT2D eigenvalue weighted by Crippen LogP contribution is 2.26. The standard InChI is InChI=1S/C22H31N3O/c1-23(2)17-22(26)14-7-15-25(18-22)16-19-10-12-21(13-11-19)24(3)20-8-5-4-6-9-20/h4-6,8-13,26H,7,14-18H2,1-3H3/t22-/m1/s1. The molecule has 140 valence electrons. The Hall–Kier alpha value is -1.88. The summed E-state index contributed by atoms with van der Waals surface area (Å²) in [5.74, 6) is 0. The van der Waals surface area contributed by atoms with Gasteiger partial charge in [0.1, 0.15) is 0 Å². The van der Waals surface area contributed by atoms with E-state index in [1.807, 2.05) is 20.2 Å². The molecule has 1 aliphatic heterocycles. The molecule has 26 heavy (non-hydrogen) atoms. The Labute approximate surface area is 157 Å². The highest BCUT2D eigenvalue weighted by Gasteiger charge is 2.33. The van der Waals surface area contributed by atoms with Crippen LogP contribution in [0.1, 0.15) is 18.4 Å². The highest BCUT2D eigenvalue weighted by molar-refractivity contribution is 5.62. The van der Waals surface area contributed by atoms with Crippen LogP contribution >= 0.6 is 0 Å². The molecule has 0 aliphatic carbocycles. The number of β-amino-alcohol motifs (C(OH)–C–C–N with tert-alkyl or cyclic N) is 1. The molecule has 4 heteroatoms. The first kappa shape index (κ1) is 18.9. The van der Waals surface area contributed by atoms with E-state index in [0.29, 0.717) is 0 Å². The summed E-state index contributed by atoms with van der Waals surface area (Å²) in [6.45, 7) is 3.42. The summed E-state index contributed by atoms with van der Waals surface area (Å²) >= 11 is 0. The quantitative estimate of drug-likeness (QED) is 0.863. The molecule has 0 amide bonds. The zero-order chi connectivity index (χ0) is 18.6. The average molecular weight is 354 g/mol. The molecule has 1 aliphatic rings. The summed E-state index contributed by atoms with van der Waals surface area (Å²) in [7, 11) is 6.15. The molecular weight excluding hydrogens is 322 g/mol. The maximum atomic E-state index is 10.8. The second-order valence-electron chi connectivity index (χ2n) is 7.84. The fourth-order valence-electron chi connectivity index (χ4n) is 3.94. The van der Waals surface area contributed by atoms with Gasteiger partial charge in [-0.1, -0.05) is 30.3 Å². The molecule has 0 unspecified atom stereocenters. The van der Waals surface area contributed by atoms with Crippen LogP contribution in [0.15, 0.2) is 54.6 Å². The van der Waals surface area contributed by atoms with Crippen LogP contribution in [-0.4, -0.2) is 61.3 Å². The number of rotatable bonds is 6. The highest BCUT2D eigenvalue weighted by atomic mass is 16.3. The number of hydrogen-bond donors (Lipinski definition) is 1. The third-order valence-corrected chi connectivity index (χ3v) is 5.12. The van der Waals surface area contributed by atoms with Gasteiger partial charge in [-0.15, -0.1) is 0 Å². The number of piperidine rings is 1. The molecule has 2 aromatic carbocycles. The summed E-state index contributed by atoms with van der Waals surface area (Å²) in [6.07, 6.45) is 1.95. The maximum absolute atomic E-state index is 10.8. The van der Waals surface area contributed by atoms with E-state index >= 15 is 0 Å². The van der Waals surface area contributed by atoms with Crippen LogP contribution in [0.4, 0.5) is 11.4 Å². The molecule has 0 aromatic heterocycles. The second kappa shape index (κ2) is 8.21. The van der Waals surface area contributed by atoms with Crippen molar-refractivity contribution in [2.45, 2.75) is 25.0 Å². The Bertz CT molecular complexity index is 686. The van der Waals surface area contributed by atoms with Crippen molar-refractivity contribution in [2.75, 3.05) is 45.7 Å². The molecule has 0 bridgehead atoms. The van der Waals surface area contributed by atoms with Crippen molar-refractivity contribution in [2.24, 2.45) is 0 Å². The lowest BCUT2D eigenvalue weighted by Crippen LogP contribution is -2.52. The predicted octanol–water partition coefficient (Wildman–Crippen LogP) is 3.34. The van der Waals surface area contributed by atoms with Crippen LogP contribution in [0.25, 0.3) is 0 Å². The number of benzene rings is 2. The van der Waals surface area contributed by atoms with Gasteiger partial charge in [-0.2, -0.15) is 0 Å². The van der Waals surface area contributed by atoms with E-state index in [-0.39, 0.29) is 0 Å². The van der Waals surface area contributed by atoms with E-state index in [0.717, 1.165) is 39.0 Å². The van der Waals surface area contributed by atoms with Crippen LogP contribution in [0.5, 0.6) is 0 Å². The summed E-state index contributed by atoms with van der Waals surface area (Å²) in [6, 6.07) is 19.2. The van der Waals surface area contributed by atoms with Crippen LogP contribution < -0.4 is 4.90 Å². The van der Waals surface area contributed by atoms with Gasteiger partial charge in [0.15, 0.2) is 0 Å². The molecule has 1 atom stereocenters. The monoisotopic (exact) mass is 353 g/mol. The van der Waals surface area contributed by atoms with E-state index < -0.39 is 5.60 Å². The zero-order valence-electron chi connectivity index (χ0n) is 16.2. The molecule has 4 nitrogen and oxygen atoms in total. The van der Waals surface area contributed by atoms with Crippen molar-refractivity contribution in [3.63, 3.8) is 0 Å². The van der Waals surface area contributed by atoms with E-state index in [9.17, 15) is 5.11 Å². The summed E-state index contributed by atoms with van der Waals surface area (Å²) in [5, 5.41) is 10.8. The normalized spacial score (nSPS) is 21.1. The Morgan fingerprint density at radius 3 is 2.27 bits per heavy atom. The van der Waals surface area contributed by atoms with Gasteiger partial charge in [0.2, 0.25) is 0 Å². The number of nitrogens with zero attached hydrogens (tertiary/aromatic N) is 3. The SMILES string of the molecule is CN(C)C[C@]1(O)CCCN(Cc2ccc(N(C)c3ccccc3)cc2)C1. The number of aliphatic hydroxyl groups is 1. The minimum atomic E-state index is -0.588. The molecule has 2 aromatic rings. The molecule has 1 fully saturated rings. The number of anilines is 2. The van der Waals surface area contributed by atoms with Crippen LogP contribution in [0.2, 0.25) is 0 Å². The van der Waals surface area contributed by atoms with Gasteiger partial charge in [-0.3, -0.25) is 4.90 Å². The first-order valence-corrected chi connectivity index (χ1v) is 9.42. The van der Waals surface area contributed by atoms with Crippen molar-refractivity contribution in [1.29, 1.82) is 0 Å². The lowest BCUT2D eigenvalue weighted by atomic mass is 9.92. The molecule has 1 saturated heterocycles. The first-order chi connectivity index (χ1) is 12.5. The lowest BCUT2D eigenvalue weighted by Gasteiger charge is -2.40. The Kier molecular flexibility index (Phi) is 5.97. The molecule has 3 rings (SSSR count). The fourth-order valence-corrected chi connectivity index (χ4v) is 3.94. The minimum absolute atomic E-state index is 0.588. The van der Waals surface area contributed by atoms with Crippen LogP contribution in [-0.2, 0) is 6.54 Å². The number of para-hydroxylation sites is 1. The van der Waals surface area contributed by atoms with E-state index in [2.05, 4.69) is 70.3 Å². The molecule has 1 heterocycles. The number of hydrogen-bond acceptors (Lipinski definition) is 4. The van der Waals surface area contributed by atoms with Crippen LogP contribution in [0.3, 0.4) is 0 Å². The Morgan fingerprint density at radius 2 is 1.62 bits per heavy atom. The van der Waals surface area contributed by atoms with Gasteiger partial charge in [0.25, 0.3) is 0 Å². The van der Waals surface area contributed by atoms with Gasteiger partial charge in [0.05, 0.1) is 5.60 Å². The van der Waals surface area contributed by atoms with Crippen molar-refractivity contribution in [3.8, 4) is 0 Å². The number of likely N-dealkylation sites (N-methyl/N-ethyl adjacent to an activating group) is 1. The van der Waals surface area contributed by atoms with Crippen molar-refractivity contribution >= 4 is 11.4 Å².